The number of hydrogen-bond acceptors (Lipinski definition) is 3. The minimum absolute atomic E-state index is 0.0196. The highest BCUT2D eigenvalue weighted by atomic mass is 32.1. The van der Waals surface area contributed by atoms with E-state index in [4.69, 9.17) is 0 Å². The van der Waals surface area contributed by atoms with E-state index in [0.717, 1.165) is 10.4 Å². The van der Waals surface area contributed by atoms with E-state index in [0.29, 0.717) is 11.3 Å². The topological polar surface area (TPSA) is 58.2 Å². The van der Waals surface area contributed by atoms with Gasteiger partial charge in [0.05, 0.1) is 0 Å². The minimum atomic E-state index is -0.491. The van der Waals surface area contributed by atoms with Crippen LogP contribution in [-0.4, -0.2) is 11.8 Å². The first kappa shape index (κ1) is 21.5. The predicted octanol–water partition coefficient (Wildman–Crippen LogP) is 5.59. The molecule has 0 atom stereocenters. The second kappa shape index (κ2) is 9.05. The molecule has 0 aliphatic rings. The molecule has 6 heteroatoms. The van der Waals surface area contributed by atoms with Gasteiger partial charge in [0.2, 0.25) is 0 Å². The summed E-state index contributed by atoms with van der Waals surface area (Å²) in [5.74, 6) is -1.27. The zero-order valence-electron chi connectivity index (χ0n) is 17.0. The molecule has 2 N–H and O–H groups in total. The SMILES string of the molecule is CC(C)(C)c1ccc(C(=O)N/C(=C\c2cccs2)C(=O)Nc2ccc(F)cc2)cc1. The van der Waals surface area contributed by atoms with Crippen molar-refractivity contribution in [1.29, 1.82) is 0 Å². The van der Waals surface area contributed by atoms with Crippen molar-refractivity contribution in [1.82, 2.24) is 5.32 Å². The summed E-state index contributed by atoms with van der Waals surface area (Å²) in [6.45, 7) is 6.30. The quantitative estimate of drug-likeness (QED) is 0.526. The van der Waals surface area contributed by atoms with Crippen molar-refractivity contribution in [3.05, 3.63) is 93.6 Å². The van der Waals surface area contributed by atoms with Crippen LogP contribution in [0.2, 0.25) is 0 Å². The van der Waals surface area contributed by atoms with Gasteiger partial charge in [-0.2, -0.15) is 0 Å². The van der Waals surface area contributed by atoms with E-state index >= 15 is 0 Å². The molecule has 2 amide bonds. The van der Waals surface area contributed by atoms with Gasteiger partial charge in [-0.15, -0.1) is 11.3 Å². The molecule has 3 aromatic rings. The highest BCUT2D eigenvalue weighted by molar-refractivity contribution is 7.10. The number of rotatable bonds is 5. The van der Waals surface area contributed by atoms with Crippen LogP contribution in [0.25, 0.3) is 6.08 Å². The average Bonchev–Trinajstić information content (AvgIpc) is 3.22. The van der Waals surface area contributed by atoms with Crippen molar-refractivity contribution in [2.45, 2.75) is 26.2 Å². The molecule has 0 saturated carbocycles. The number of benzene rings is 2. The monoisotopic (exact) mass is 422 g/mol. The summed E-state index contributed by atoms with van der Waals surface area (Å²) in [7, 11) is 0. The van der Waals surface area contributed by atoms with Gasteiger partial charge in [-0.1, -0.05) is 39.0 Å². The number of carbonyl (C=O) groups is 2. The van der Waals surface area contributed by atoms with Crippen LogP contribution in [0.1, 0.15) is 41.6 Å². The third-order valence-electron chi connectivity index (χ3n) is 4.44. The Labute approximate surface area is 179 Å². The second-order valence-electron chi connectivity index (χ2n) is 7.82. The fraction of sp³-hybridized carbons (Fsp3) is 0.167. The van der Waals surface area contributed by atoms with Crippen molar-refractivity contribution in [3.63, 3.8) is 0 Å². The normalized spacial score (nSPS) is 11.8. The third kappa shape index (κ3) is 5.64. The minimum Gasteiger partial charge on any atom is -0.321 e. The van der Waals surface area contributed by atoms with E-state index in [2.05, 4.69) is 31.4 Å². The Morgan fingerprint density at radius 3 is 2.20 bits per heavy atom. The zero-order valence-corrected chi connectivity index (χ0v) is 17.8. The number of anilines is 1. The molecule has 0 spiro atoms. The Kier molecular flexibility index (Phi) is 6.47. The summed E-state index contributed by atoms with van der Waals surface area (Å²) in [4.78, 5) is 26.4. The summed E-state index contributed by atoms with van der Waals surface area (Å²) in [5.41, 5.74) is 2.08. The molecule has 1 aromatic heterocycles. The van der Waals surface area contributed by atoms with Crippen LogP contribution in [0.15, 0.2) is 71.7 Å². The van der Waals surface area contributed by atoms with Crippen molar-refractivity contribution >= 4 is 34.9 Å². The first-order valence-electron chi connectivity index (χ1n) is 9.46. The molecule has 0 aliphatic carbocycles. The molecule has 0 radical (unpaired) electrons. The van der Waals surface area contributed by atoms with Gasteiger partial charge < -0.3 is 10.6 Å². The van der Waals surface area contributed by atoms with E-state index in [1.807, 2.05) is 29.6 Å². The number of amides is 2. The molecule has 0 bridgehead atoms. The smallest absolute Gasteiger partial charge is 0.272 e. The lowest BCUT2D eigenvalue weighted by Gasteiger charge is -2.19. The van der Waals surface area contributed by atoms with Crippen molar-refractivity contribution in [2.75, 3.05) is 5.32 Å². The lowest BCUT2D eigenvalue weighted by molar-refractivity contribution is -0.113. The second-order valence-corrected chi connectivity index (χ2v) is 8.80. The van der Waals surface area contributed by atoms with Crippen molar-refractivity contribution in [2.24, 2.45) is 0 Å². The number of nitrogens with one attached hydrogen (secondary N) is 2. The summed E-state index contributed by atoms with van der Waals surface area (Å²) in [6.07, 6.45) is 1.62. The predicted molar refractivity (Wildman–Crippen MR) is 120 cm³/mol. The van der Waals surface area contributed by atoms with Crippen LogP contribution >= 0.6 is 11.3 Å². The Bertz CT molecular complexity index is 1050. The molecule has 0 fully saturated rings. The van der Waals surface area contributed by atoms with Crippen LogP contribution < -0.4 is 10.6 Å². The van der Waals surface area contributed by atoms with Crippen molar-refractivity contribution in [3.8, 4) is 0 Å². The average molecular weight is 423 g/mol. The maximum Gasteiger partial charge on any atom is 0.272 e. The van der Waals surface area contributed by atoms with E-state index in [1.54, 1.807) is 18.2 Å². The van der Waals surface area contributed by atoms with Crippen LogP contribution in [0, 0.1) is 5.82 Å². The largest absolute Gasteiger partial charge is 0.321 e. The van der Waals surface area contributed by atoms with Gasteiger partial charge in [0.15, 0.2) is 0 Å². The summed E-state index contributed by atoms with van der Waals surface area (Å²) >= 11 is 1.45. The lowest BCUT2D eigenvalue weighted by atomic mass is 9.87. The van der Waals surface area contributed by atoms with E-state index in [9.17, 15) is 14.0 Å². The Hall–Kier alpha value is -3.25. The van der Waals surface area contributed by atoms with Gasteiger partial charge in [0.1, 0.15) is 11.5 Å². The first-order chi connectivity index (χ1) is 14.2. The molecule has 1 heterocycles. The molecule has 0 saturated heterocycles. The lowest BCUT2D eigenvalue weighted by Crippen LogP contribution is -2.30. The molecule has 4 nitrogen and oxygen atoms in total. The highest BCUT2D eigenvalue weighted by Gasteiger charge is 2.17. The number of hydrogen-bond donors (Lipinski definition) is 2. The fourth-order valence-electron chi connectivity index (χ4n) is 2.72. The standard InChI is InChI=1S/C24H23FN2O2S/c1-24(2,3)17-8-6-16(7-9-17)22(28)27-21(15-20-5-4-14-30-20)23(29)26-19-12-10-18(25)11-13-19/h4-15H,1-3H3,(H,26,29)(H,27,28)/b21-15-. The number of thiophene rings is 1. The summed E-state index contributed by atoms with van der Waals surface area (Å²) in [6, 6.07) is 16.5. The Morgan fingerprint density at radius 1 is 0.967 bits per heavy atom. The Morgan fingerprint density at radius 2 is 1.63 bits per heavy atom. The van der Waals surface area contributed by atoms with Gasteiger partial charge >= 0.3 is 0 Å². The molecule has 154 valence electrons. The maximum atomic E-state index is 13.1. The van der Waals surface area contributed by atoms with Gasteiger partial charge in [0, 0.05) is 16.1 Å². The van der Waals surface area contributed by atoms with Crippen LogP contribution in [0.3, 0.4) is 0 Å². The van der Waals surface area contributed by atoms with E-state index in [-0.39, 0.29) is 17.0 Å². The third-order valence-corrected chi connectivity index (χ3v) is 5.26. The van der Waals surface area contributed by atoms with Crippen LogP contribution in [0.5, 0.6) is 0 Å². The summed E-state index contributed by atoms with van der Waals surface area (Å²) < 4.78 is 13.1. The first-order valence-corrected chi connectivity index (χ1v) is 10.3. The van der Waals surface area contributed by atoms with Crippen LogP contribution in [0.4, 0.5) is 10.1 Å². The Balaban J connectivity index is 1.81. The van der Waals surface area contributed by atoms with Crippen LogP contribution in [-0.2, 0) is 10.2 Å². The van der Waals surface area contributed by atoms with Gasteiger partial charge in [0.25, 0.3) is 11.8 Å². The molecule has 30 heavy (non-hydrogen) atoms. The van der Waals surface area contributed by atoms with Gasteiger partial charge in [-0.05, 0) is 64.9 Å². The maximum absolute atomic E-state index is 13.1. The molecule has 2 aromatic carbocycles. The van der Waals surface area contributed by atoms with Gasteiger partial charge in [-0.25, -0.2) is 4.39 Å². The fourth-order valence-corrected chi connectivity index (χ4v) is 3.38. The molecular formula is C24H23FN2O2S. The van der Waals surface area contributed by atoms with Gasteiger partial charge in [-0.3, -0.25) is 9.59 Å². The van der Waals surface area contributed by atoms with E-state index in [1.165, 1.54) is 35.6 Å². The zero-order chi connectivity index (χ0) is 21.7. The molecule has 3 rings (SSSR count). The highest BCUT2D eigenvalue weighted by Crippen LogP contribution is 2.22. The summed E-state index contributed by atoms with van der Waals surface area (Å²) in [5, 5.41) is 7.27. The van der Waals surface area contributed by atoms with E-state index < -0.39 is 11.7 Å². The van der Waals surface area contributed by atoms with Crippen molar-refractivity contribution < 1.29 is 14.0 Å². The molecular weight excluding hydrogens is 399 g/mol. The molecule has 0 aliphatic heterocycles. The molecule has 0 unspecified atom stereocenters. The number of carbonyl (C=O) groups excluding carboxylic acids is 2. The number of halogens is 1.